The molecular weight excluding hydrogens is 298 g/mol. The molecule has 2 aliphatic carbocycles. The van der Waals surface area contributed by atoms with Crippen molar-refractivity contribution in [2.45, 2.75) is 104 Å². The minimum atomic E-state index is 0.0813. The fourth-order valence-electron chi connectivity index (χ4n) is 4.70. The highest BCUT2D eigenvalue weighted by Crippen LogP contribution is 2.39. The van der Waals surface area contributed by atoms with E-state index in [1.807, 2.05) is 0 Å². The lowest BCUT2D eigenvalue weighted by molar-refractivity contribution is -0.0717. The Morgan fingerprint density at radius 1 is 0.875 bits per heavy atom. The lowest BCUT2D eigenvalue weighted by atomic mass is 9.71. The Hall–Kier alpha value is -0.120. The summed E-state index contributed by atoms with van der Waals surface area (Å²) in [4.78, 5) is 5.66. The average Bonchev–Trinajstić information content (AvgIpc) is 2.59. The summed E-state index contributed by atoms with van der Waals surface area (Å²) in [6.45, 7) is 9.14. The molecule has 2 rings (SSSR count). The van der Waals surface area contributed by atoms with Gasteiger partial charge in [0, 0.05) is 12.1 Å². The van der Waals surface area contributed by atoms with Crippen molar-refractivity contribution in [3.8, 4) is 0 Å². The van der Waals surface area contributed by atoms with Gasteiger partial charge in [-0.25, -0.2) is 0 Å². The highest BCUT2D eigenvalue weighted by molar-refractivity contribution is 4.87. The lowest BCUT2D eigenvalue weighted by Crippen LogP contribution is -2.48. The Bertz CT molecular complexity index is 340. The predicted molar refractivity (Wildman–Crippen MR) is 101 cm³/mol. The summed E-state index contributed by atoms with van der Waals surface area (Å²) in [6, 6.07) is 0. The first-order valence-electron chi connectivity index (χ1n) is 10.4. The maximum absolute atomic E-state index is 9.26. The molecule has 142 valence electrons. The van der Waals surface area contributed by atoms with Gasteiger partial charge in [-0.1, -0.05) is 38.5 Å². The minimum absolute atomic E-state index is 0.0813. The van der Waals surface area contributed by atoms with Gasteiger partial charge >= 0.3 is 0 Å². The van der Waals surface area contributed by atoms with E-state index in [2.05, 4.69) is 33.2 Å². The summed E-state index contributed by atoms with van der Waals surface area (Å²) >= 11 is 0. The van der Waals surface area contributed by atoms with Crippen molar-refractivity contribution in [3.05, 3.63) is 0 Å². The van der Waals surface area contributed by atoms with E-state index in [-0.39, 0.29) is 11.6 Å². The van der Waals surface area contributed by atoms with Gasteiger partial charge in [-0.05, 0) is 77.0 Å². The van der Waals surface area contributed by atoms with Gasteiger partial charge in [-0.2, -0.15) is 5.48 Å². The molecule has 0 aromatic rings. The van der Waals surface area contributed by atoms with E-state index < -0.39 is 0 Å². The number of nitrogens with one attached hydrogen (secondary N) is 1. The van der Waals surface area contributed by atoms with Gasteiger partial charge < -0.3 is 5.11 Å². The van der Waals surface area contributed by atoms with Crippen LogP contribution in [0.4, 0.5) is 0 Å². The highest BCUT2D eigenvalue weighted by Gasteiger charge is 2.33. The van der Waals surface area contributed by atoms with Gasteiger partial charge in [-0.3, -0.25) is 4.84 Å². The Labute approximate surface area is 149 Å². The molecule has 3 heteroatoms. The third-order valence-electron chi connectivity index (χ3n) is 6.63. The molecule has 0 radical (unpaired) electrons. The largest absolute Gasteiger partial charge is 0.396 e. The molecule has 2 fully saturated rings. The monoisotopic (exact) mass is 339 g/mol. The Morgan fingerprint density at radius 3 is 1.79 bits per heavy atom. The van der Waals surface area contributed by atoms with Crippen molar-refractivity contribution in [2.75, 3.05) is 6.61 Å². The van der Waals surface area contributed by atoms with Crippen LogP contribution in [0, 0.1) is 23.7 Å². The fraction of sp³-hybridized carbons (Fsp3) is 1.00. The van der Waals surface area contributed by atoms with Crippen molar-refractivity contribution in [3.63, 3.8) is 0 Å². The molecule has 0 saturated heterocycles. The molecule has 0 aromatic carbocycles. The molecule has 24 heavy (non-hydrogen) atoms. The van der Waals surface area contributed by atoms with Crippen LogP contribution in [0.25, 0.3) is 0 Å². The Kier molecular flexibility index (Phi) is 8.03. The number of hydrogen-bond donors (Lipinski definition) is 2. The van der Waals surface area contributed by atoms with Gasteiger partial charge in [0.15, 0.2) is 0 Å². The van der Waals surface area contributed by atoms with Crippen LogP contribution in [0.15, 0.2) is 0 Å². The normalized spacial score (nSPS) is 32.2. The van der Waals surface area contributed by atoms with E-state index in [4.69, 9.17) is 4.84 Å². The lowest BCUT2D eigenvalue weighted by Gasteiger charge is -2.40. The maximum Gasteiger partial charge on any atom is 0.0734 e. The van der Waals surface area contributed by atoms with Gasteiger partial charge in [0.2, 0.25) is 0 Å². The number of rotatable bonds is 8. The summed E-state index contributed by atoms with van der Waals surface area (Å²) in [6.07, 6.45) is 13.8. The average molecular weight is 340 g/mol. The molecule has 2 saturated carbocycles. The van der Waals surface area contributed by atoms with E-state index in [0.717, 1.165) is 17.8 Å². The summed E-state index contributed by atoms with van der Waals surface area (Å²) < 4.78 is 0. The van der Waals surface area contributed by atoms with Crippen LogP contribution in [0.5, 0.6) is 0 Å². The molecule has 2 N–H and O–H groups in total. The zero-order valence-electron chi connectivity index (χ0n) is 16.5. The predicted octanol–water partition coefficient (Wildman–Crippen LogP) is 5.08. The van der Waals surface area contributed by atoms with Gasteiger partial charge in [0.25, 0.3) is 0 Å². The topological polar surface area (TPSA) is 41.5 Å². The van der Waals surface area contributed by atoms with Crippen LogP contribution in [0.3, 0.4) is 0 Å². The van der Waals surface area contributed by atoms with Crippen molar-refractivity contribution in [2.24, 2.45) is 23.7 Å². The van der Waals surface area contributed by atoms with Crippen molar-refractivity contribution in [1.29, 1.82) is 0 Å². The zero-order chi connectivity index (χ0) is 17.6. The fourth-order valence-corrected chi connectivity index (χ4v) is 4.70. The quantitative estimate of drug-likeness (QED) is 0.606. The van der Waals surface area contributed by atoms with E-state index in [1.165, 1.54) is 64.2 Å². The summed E-state index contributed by atoms with van der Waals surface area (Å²) in [5.41, 5.74) is 3.40. The molecule has 0 amide bonds. The van der Waals surface area contributed by atoms with Crippen LogP contribution in [-0.4, -0.2) is 23.4 Å². The standard InChI is InChI=1S/C21H41NO2/c1-16(2)24-22-21(3,4)20-13-11-18(12-14-20)6-5-17-7-9-19(15-23)10-8-17/h16-20,22-23H,5-15H2,1-4H3. The first-order chi connectivity index (χ1) is 11.4. The van der Waals surface area contributed by atoms with Gasteiger partial charge in [0.05, 0.1) is 6.10 Å². The molecule has 0 spiro atoms. The van der Waals surface area contributed by atoms with Crippen LogP contribution >= 0.6 is 0 Å². The summed E-state index contributed by atoms with van der Waals surface area (Å²) in [5, 5.41) is 9.26. The van der Waals surface area contributed by atoms with Gasteiger partial charge in [-0.15, -0.1) is 0 Å². The van der Waals surface area contributed by atoms with E-state index in [9.17, 15) is 5.11 Å². The van der Waals surface area contributed by atoms with Crippen LogP contribution in [0.1, 0.15) is 91.9 Å². The second-order valence-electron chi connectivity index (χ2n) is 9.35. The van der Waals surface area contributed by atoms with Crippen molar-refractivity contribution in [1.82, 2.24) is 5.48 Å². The molecule has 0 aromatic heterocycles. The SMILES string of the molecule is CC(C)ONC(C)(C)C1CCC(CCC2CCC(CO)CC2)CC1. The van der Waals surface area contributed by atoms with Crippen molar-refractivity contribution >= 4 is 0 Å². The maximum atomic E-state index is 9.26. The molecule has 0 bridgehead atoms. The van der Waals surface area contributed by atoms with Gasteiger partial charge in [0.1, 0.15) is 0 Å². The summed E-state index contributed by atoms with van der Waals surface area (Å²) in [5.74, 6) is 3.20. The Balaban J connectivity index is 1.64. The van der Waals surface area contributed by atoms with E-state index in [0.29, 0.717) is 12.5 Å². The number of aliphatic hydroxyl groups excluding tert-OH is 1. The summed E-state index contributed by atoms with van der Waals surface area (Å²) in [7, 11) is 0. The minimum Gasteiger partial charge on any atom is -0.396 e. The highest BCUT2D eigenvalue weighted by atomic mass is 16.7. The Morgan fingerprint density at radius 2 is 1.33 bits per heavy atom. The number of hydrogen-bond acceptors (Lipinski definition) is 3. The molecular formula is C21H41NO2. The molecule has 0 aliphatic heterocycles. The molecule has 0 heterocycles. The third-order valence-corrected chi connectivity index (χ3v) is 6.63. The number of hydroxylamine groups is 1. The molecule has 0 atom stereocenters. The van der Waals surface area contributed by atoms with Crippen LogP contribution in [0.2, 0.25) is 0 Å². The smallest absolute Gasteiger partial charge is 0.0734 e. The molecule has 0 unspecified atom stereocenters. The van der Waals surface area contributed by atoms with Crippen LogP contribution < -0.4 is 5.48 Å². The molecule has 3 nitrogen and oxygen atoms in total. The third kappa shape index (κ3) is 6.31. The zero-order valence-corrected chi connectivity index (χ0v) is 16.5. The van der Waals surface area contributed by atoms with E-state index >= 15 is 0 Å². The first-order valence-corrected chi connectivity index (χ1v) is 10.4. The number of aliphatic hydroxyl groups is 1. The van der Waals surface area contributed by atoms with Crippen LogP contribution in [-0.2, 0) is 4.84 Å². The second-order valence-corrected chi connectivity index (χ2v) is 9.35. The first kappa shape index (κ1) is 20.2. The van der Waals surface area contributed by atoms with Crippen molar-refractivity contribution < 1.29 is 9.94 Å². The van der Waals surface area contributed by atoms with E-state index in [1.54, 1.807) is 0 Å². The second kappa shape index (κ2) is 9.54. The molecule has 2 aliphatic rings.